The maximum atomic E-state index is 12.4. The molecule has 7 heteroatoms. The van der Waals surface area contributed by atoms with Gasteiger partial charge in [-0.2, -0.15) is 0 Å². The standard InChI is InChI=1S/C16H24N2O4S/c1-4-12(5-2)17-16(19)11-6-9-14(22-3)15(10-11)23(20,21)18-13-7-8-13/h6,9-10,12-13,18H,4-5,7-8H2,1-3H3,(H,17,19). The number of nitrogens with one attached hydrogen (secondary N) is 2. The lowest BCUT2D eigenvalue weighted by molar-refractivity contribution is 0.0934. The molecule has 1 fully saturated rings. The smallest absolute Gasteiger partial charge is 0.251 e. The molecule has 1 aliphatic rings. The van der Waals surface area contributed by atoms with Gasteiger partial charge in [-0.15, -0.1) is 0 Å². The van der Waals surface area contributed by atoms with Crippen LogP contribution >= 0.6 is 0 Å². The monoisotopic (exact) mass is 340 g/mol. The van der Waals surface area contributed by atoms with Gasteiger partial charge in [-0.1, -0.05) is 13.8 Å². The van der Waals surface area contributed by atoms with Crippen LogP contribution in [-0.2, 0) is 10.0 Å². The average Bonchev–Trinajstić information content (AvgIpc) is 3.34. The Labute approximate surface area is 137 Å². The van der Waals surface area contributed by atoms with Crippen LogP contribution in [0.3, 0.4) is 0 Å². The summed E-state index contributed by atoms with van der Waals surface area (Å²) in [6.45, 7) is 4.00. The van der Waals surface area contributed by atoms with Crippen LogP contribution in [0, 0.1) is 0 Å². The van der Waals surface area contributed by atoms with E-state index in [2.05, 4.69) is 10.0 Å². The molecule has 1 aromatic rings. The summed E-state index contributed by atoms with van der Waals surface area (Å²) in [6, 6.07) is 4.54. The van der Waals surface area contributed by atoms with Gasteiger partial charge in [0.05, 0.1) is 7.11 Å². The van der Waals surface area contributed by atoms with E-state index in [0.29, 0.717) is 5.56 Å². The lowest BCUT2D eigenvalue weighted by Crippen LogP contribution is -2.34. The highest BCUT2D eigenvalue weighted by Gasteiger charge is 2.30. The fourth-order valence-corrected chi connectivity index (χ4v) is 3.77. The molecule has 23 heavy (non-hydrogen) atoms. The molecule has 1 aliphatic carbocycles. The number of carbonyl (C=O) groups excluding carboxylic acids is 1. The Morgan fingerprint density at radius 1 is 1.30 bits per heavy atom. The van der Waals surface area contributed by atoms with E-state index in [9.17, 15) is 13.2 Å². The molecule has 0 spiro atoms. The molecule has 0 bridgehead atoms. The van der Waals surface area contributed by atoms with Crippen LogP contribution in [0.5, 0.6) is 5.75 Å². The second-order valence-electron chi connectivity index (χ2n) is 5.75. The van der Waals surface area contributed by atoms with E-state index in [4.69, 9.17) is 4.74 Å². The number of benzene rings is 1. The fraction of sp³-hybridized carbons (Fsp3) is 0.562. The summed E-state index contributed by atoms with van der Waals surface area (Å²) < 4.78 is 32.6. The summed E-state index contributed by atoms with van der Waals surface area (Å²) in [7, 11) is -2.28. The summed E-state index contributed by atoms with van der Waals surface area (Å²) in [6.07, 6.45) is 3.34. The van der Waals surface area contributed by atoms with Gasteiger partial charge in [0, 0.05) is 17.6 Å². The second-order valence-corrected chi connectivity index (χ2v) is 7.43. The molecule has 128 valence electrons. The first-order valence-corrected chi connectivity index (χ1v) is 9.40. The van der Waals surface area contributed by atoms with Crippen LogP contribution < -0.4 is 14.8 Å². The summed E-state index contributed by atoms with van der Waals surface area (Å²) in [4.78, 5) is 12.3. The first-order chi connectivity index (χ1) is 10.9. The highest BCUT2D eigenvalue weighted by molar-refractivity contribution is 7.89. The van der Waals surface area contributed by atoms with E-state index in [-0.39, 0.29) is 28.6 Å². The zero-order valence-electron chi connectivity index (χ0n) is 13.8. The predicted octanol–water partition coefficient (Wildman–Crippen LogP) is 2.05. The highest BCUT2D eigenvalue weighted by atomic mass is 32.2. The maximum absolute atomic E-state index is 12.4. The van der Waals surface area contributed by atoms with Crippen LogP contribution in [-0.4, -0.2) is 33.5 Å². The molecule has 2 N–H and O–H groups in total. The number of amides is 1. The van der Waals surface area contributed by atoms with E-state index in [1.807, 2.05) is 13.8 Å². The molecule has 0 aliphatic heterocycles. The minimum absolute atomic E-state index is 0.00379. The van der Waals surface area contributed by atoms with Gasteiger partial charge in [0.25, 0.3) is 5.91 Å². The summed E-state index contributed by atoms with van der Waals surface area (Å²) >= 11 is 0. The number of sulfonamides is 1. The topological polar surface area (TPSA) is 84.5 Å². The molecule has 1 aromatic carbocycles. The average molecular weight is 340 g/mol. The molecule has 0 heterocycles. The minimum Gasteiger partial charge on any atom is -0.495 e. The lowest BCUT2D eigenvalue weighted by Gasteiger charge is -2.16. The van der Waals surface area contributed by atoms with Gasteiger partial charge < -0.3 is 10.1 Å². The second kappa shape index (κ2) is 7.31. The number of methoxy groups -OCH3 is 1. The van der Waals surface area contributed by atoms with E-state index < -0.39 is 10.0 Å². The summed E-state index contributed by atoms with van der Waals surface area (Å²) in [5.41, 5.74) is 0.314. The molecule has 1 saturated carbocycles. The van der Waals surface area contributed by atoms with Gasteiger partial charge in [-0.3, -0.25) is 4.79 Å². The quantitative estimate of drug-likeness (QED) is 0.758. The number of hydrogen-bond donors (Lipinski definition) is 2. The SMILES string of the molecule is CCC(CC)NC(=O)c1ccc(OC)c(S(=O)(=O)NC2CC2)c1. The maximum Gasteiger partial charge on any atom is 0.251 e. The molecule has 0 saturated heterocycles. The largest absolute Gasteiger partial charge is 0.495 e. The number of rotatable bonds is 8. The van der Waals surface area contributed by atoms with Crippen molar-refractivity contribution < 1.29 is 17.9 Å². The number of ether oxygens (including phenoxy) is 1. The number of hydrogen-bond acceptors (Lipinski definition) is 4. The molecule has 0 aromatic heterocycles. The van der Waals surface area contributed by atoms with Crippen molar-refractivity contribution in [1.82, 2.24) is 10.0 Å². The molecule has 0 radical (unpaired) electrons. The van der Waals surface area contributed by atoms with E-state index in [0.717, 1.165) is 25.7 Å². The van der Waals surface area contributed by atoms with Crippen molar-refractivity contribution in [2.45, 2.75) is 56.5 Å². The van der Waals surface area contributed by atoms with Crippen LogP contribution in [0.1, 0.15) is 49.9 Å². The zero-order valence-corrected chi connectivity index (χ0v) is 14.6. The Morgan fingerprint density at radius 2 is 1.96 bits per heavy atom. The third-order valence-electron chi connectivity index (χ3n) is 3.94. The first kappa shape index (κ1) is 17.7. The molecular weight excluding hydrogens is 316 g/mol. The van der Waals surface area contributed by atoms with Crippen molar-refractivity contribution in [3.05, 3.63) is 23.8 Å². The Bertz CT molecular complexity index is 665. The van der Waals surface area contributed by atoms with Crippen LogP contribution in [0.25, 0.3) is 0 Å². The molecule has 0 unspecified atom stereocenters. The van der Waals surface area contributed by atoms with Crippen molar-refractivity contribution in [2.75, 3.05) is 7.11 Å². The van der Waals surface area contributed by atoms with Crippen LogP contribution in [0.2, 0.25) is 0 Å². The van der Waals surface area contributed by atoms with Crippen LogP contribution in [0.15, 0.2) is 23.1 Å². The third-order valence-corrected chi connectivity index (χ3v) is 5.48. The molecule has 2 rings (SSSR count). The van der Waals surface area contributed by atoms with Crippen molar-refractivity contribution >= 4 is 15.9 Å². The summed E-state index contributed by atoms with van der Waals surface area (Å²) in [5.74, 6) is -0.0403. The predicted molar refractivity (Wildman–Crippen MR) is 88.2 cm³/mol. The van der Waals surface area contributed by atoms with Gasteiger partial charge in [0.15, 0.2) is 0 Å². The minimum atomic E-state index is -3.69. The Kier molecular flexibility index (Phi) is 5.64. The number of carbonyl (C=O) groups is 1. The van der Waals surface area contributed by atoms with Crippen molar-refractivity contribution in [3.8, 4) is 5.75 Å². The van der Waals surface area contributed by atoms with Gasteiger partial charge in [0.1, 0.15) is 10.6 Å². The van der Waals surface area contributed by atoms with Crippen molar-refractivity contribution in [3.63, 3.8) is 0 Å². The van der Waals surface area contributed by atoms with E-state index in [1.54, 1.807) is 6.07 Å². The van der Waals surface area contributed by atoms with E-state index in [1.165, 1.54) is 19.2 Å². The fourth-order valence-electron chi connectivity index (χ4n) is 2.27. The third kappa shape index (κ3) is 4.45. The molecule has 6 nitrogen and oxygen atoms in total. The molecule has 1 amide bonds. The summed E-state index contributed by atoms with van der Waals surface area (Å²) in [5, 5.41) is 2.91. The van der Waals surface area contributed by atoms with Gasteiger partial charge in [-0.05, 0) is 43.9 Å². The van der Waals surface area contributed by atoms with Crippen molar-refractivity contribution in [2.24, 2.45) is 0 Å². The lowest BCUT2D eigenvalue weighted by atomic mass is 10.1. The van der Waals surface area contributed by atoms with Gasteiger partial charge in [0.2, 0.25) is 10.0 Å². The van der Waals surface area contributed by atoms with Crippen LogP contribution in [0.4, 0.5) is 0 Å². The van der Waals surface area contributed by atoms with Gasteiger partial charge in [-0.25, -0.2) is 13.1 Å². The highest BCUT2D eigenvalue weighted by Crippen LogP contribution is 2.28. The van der Waals surface area contributed by atoms with E-state index >= 15 is 0 Å². The van der Waals surface area contributed by atoms with Gasteiger partial charge >= 0.3 is 0 Å². The first-order valence-electron chi connectivity index (χ1n) is 7.92. The Hall–Kier alpha value is -1.60. The normalized spacial score (nSPS) is 14.8. The molecular formula is C16H24N2O4S. The zero-order chi connectivity index (χ0) is 17.0. The Morgan fingerprint density at radius 3 is 2.48 bits per heavy atom. The molecule has 0 atom stereocenters. The van der Waals surface area contributed by atoms with Crippen molar-refractivity contribution in [1.29, 1.82) is 0 Å². The Balaban J connectivity index is 2.29.